The van der Waals surface area contributed by atoms with Crippen molar-refractivity contribution in [3.8, 4) is 5.75 Å². The molecule has 0 radical (unpaired) electrons. The molecule has 2 aromatic rings. The fourth-order valence-corrected chi connectivity index (χ4v) is 7.70. The Kier molecular flexibility index (Phi) is 10.5. The number of carbonyl (C=O) groups excluding carboxylic acids is 1. The summed E-state index contributed by atoms with van der Waals surface area (Å²) >= 11 is 1.45. The van der Waals surface area contributed by atoms with E-state index in [1.54, 1.807) is 31.3 Å². The number of benzene rings is 2. The number of nitrogens with one attached hydrogen (secondary N) is 1. The van der Waals surface area contributed by atoms with E-state index in [0.717, 1.165) is 23.6 Å². The van der Waals surface area contributed by atoms with E-state index >= 15 is 0 Å². The highest BCUT2D eigenvalue weighted by Gasteiger charge is 2.40. The highest BCUT2D eigenvalue weighted by molar-refractivity contribution is 8.00. The van der Waals surface area contributed by atoms with Crippen LogP contribution < -0.4 is 15.3 Å². The summed E-state index contributed by atoms with van der Waals surface area (Å²) in [4.78, 5) is 18.8. The summed E-state index contributed by atoms with van der Waals surface area (Å²) in [6, 6.07) is 12.0. The predicted octanol–water partition coefficient (Wildman–Crippen LogP) is 5.15. The number of nitrogens with two attached hydrogens (primary N) is 1. The van der Waals surface area contributed by atoms with Gasteiger partial charge in [0.1, 0.15) is 23.4 Å². The normalized spacial score (nSPS) is 23.0. The molecule has 12 heteroatoms. The zero-order chi connectivity index (χ0) is 29.6. The van der Waals surface area contributed by atoms with Crippen LogP contribution in [0, 0.1) is 5.92 Å². The van der Waals surface area contributed by atoms with Gasteiger partial charge in [0.15, 0.2) is 0 Å². The van der Waals surface area contributed by atoms with Gasteiger partial charge in [-0.1, -0.05) is 69.7 Å². The van der Waals surface area contributed by atoms with Gasteiger partial charge < -0.3 is 25.0 Å². The van der Waals surface area contributed by atoms with Crippen LogP contribution in [0.5, 0.6) is 5.75 Å². The first kappa shape index (κ1) is 31.1. The minimum absolute atomic E-state index is 0.0949. The lowest BCUT2D eigenvalue weighted by Gasteiger charge is -2.28. The van der Waals surface area contributed by atoms with E-state index in [1.807, 2.05) is 49.1 Å². The number of thioether (sulfide) groups is 1. The third-order valence-electron chi connectivity index (χ3n) is 7.17. The van der Waals surface area contributed by atoms with Crippen molar-refractivity contribution in [2.75, 3.05) is 13.2 Å². The molecule has 1 fully saturated rings. The van der Waals surface area contributed by atoms with E-state index < -0.39 is 31.1 Å². The first-order valence-corrected chi connectivity index (χ1v) is 16.3. The molecule has 2 aromatic carbocycles. The molecule has 4 N–H and O–H groups in total. The van der Waals surface area contributed by atoms with Crippen LogP contribution in [0.3, 0.4) is 0 Å². The van der Waals surface area contributed by atoms with Crippen molar-refractivity contribution < 1.29 is 28.3 Å². The van der Waals surface area contributed by atoms with E-state index in [2.05, 4.69) is 16.7 Å². The van der Waals surface area contributed by atoms with Crippen LogP contribution in [0.1, 0.15) is 40.0 Å². The van der Waals surface area contributed by atoms with Gasteiger partial charge in [0.05, 0.1) is 29.9 Å². The van der Waals surface area contributed by atoms with Crippen molar-refractivity contribution in [1.82, 2.24) is 9.99 Å². The molecule has 0 spiro atoms. The summed E-state index contributed by atoms with van der Waals surface area (Å²) in [6.07, 6.45) is 4.90. The first-order valence-electron chi connectivity index (χ1n) is 13.8. The van der Waals surface area contributed by atoms with Gasteiger partial charge >= 0.3 is 13.7 Å². The fourth-order valence-electron chi connectivity index (χ4n) is 4.59. The Morgan fingerprint density at radius 2 is 2.00 bits per heavy atom. The monoisotopic (exact) mass is 602 g/mol. The van der Waals surface area contributed by atoms with Crippen molar-refractivity contribution in [1.29, 1.82) is 0 Å². The van der Waals surface area contributed by atoms with Crippen molar-refractivity contribution in [2.24, 2.45) is 16.6 Å². The molecule has 222 valence electrons. The number of carbonyl (C=O) groups is 1. The molecule has 2 aliphatic heterocycles. The van der Waals surface area contributed by atoms with E-state index in [9.17, 15) is 14.5 Å². The molecule has 0 saturated carbocycles. The number of amidine groups is 1. The van der Waals surface area contributed by atoms with Gasteiger partial charge in [-0.2, -0.15) is 5.09 Å². The second-order valence-electron chi connectivity index (χ2n) is 10.1. The van der Waals surface area contributed by atoms with Gasteiger partial charge in [-0.05, 0) is 30.4 Å². The number of aliphatic hydroxyl groups is 1. The van der Waals surface area contributed by atoms with Gasteiger partial charge in [-0.15, -0.1) is 11.8 Å². The Morgan fingerprint density at radius 3 is 2.73 bits per heavy atom. The predicted molar refractivity (Wildman–Crippen MR) is 163 cm³/mol. The second-order valence-corrected chi connectivity index (χ2v) is 13.2. The second kappa shape index (κ2) is 13.9. The Labute approximate surface area is 245 Å². The number of aliphatic hydroxyl groups excluding tert-OH is 1. The molecule has 2 aliphatic rings. The number of nitrogens with zero attached hydrogens (tertiary/aromatic N) is 2. The average Bonchev–Trinajstić information content (AvgIpc) is 3.32. The van der Waals surface area contributed by atoms with Crippen LogP contribution in [0.2, 0.25) is 0 Å². The summed E-state index contributed by atoms with van der Waals surface area (Å²) in [5.74, 6) is 0.887. The smallest absolute Gasteiger partial charge is 0.459 e. The molecule has 41 heavy (non-hydrogen) atoms. The molecule has 0 aromatic heterocycles. The summed E-state index contributed by atoms with van der Waals surface area (Å²) in [5, 5.41) is 14.7. The van der Waals surface area contributed by atoms with Gasteiger partial charge in [0.2, 0.25) is 0 Å². The highest BCUT2D eigenvalue weighted by Crippen LogP contribution is 2.48. The van der Waals surface area contributed by atoms with Crippen molar-refractivity contribution in [2.45, 2.75) is 62.8 Å². The molecule has 5 atom stereocenters. The Hall–Kier alpha value is -2.82. The number of aliphatic imine (C=N–C) groups is 1. The lowest BCUT2D eigenvalue weighted by Crippen LogP contribution is -2.36. The average molecular weight is 603 g/mol. The summed E-state index contributed by atoms with van der Waals surface area (Å²) < 4.78 is 31.7. The quantitative estimate of drug-likeness (QED) is 0.209. The number of esters is 1. The van der Waals surface area contributed by atoms with Crippen LogP contribution in [-0.4, -0.2) is 57.8 Å². The van der Waals surface area contributed by atoms with Crippen molar-refractivity contribution in [3.05, 3.63) is 67.1 Å². The van der Waals surface area contributed by atoms with Crippen LogP contribution in [-0.2, 0) is 18.6 Å². The molecule has 0 aliphatic carbocycles. The van der Waals surface area contributed by atoms with E-state index in [4.69, 9.17) is 19.5 Å². The minimum Gasteiger partial charge on any atom is -0.464 e. The molecule has 4 rings (SSSR count). The van der Waals surface area contributed by atoms with Gasteiger partial charge in [0, 0.05) is 18.0 Å². The van der Waals surface area contributed by atoms with Gasteiger partial charge in [-0.25, -0.2) is 9.56 Å². The number of hydrogen-bond acceptors (Lipinski definition) is 10. The number of rotatable bonds is 13. The maximum atomic E-state index is 14.2. The number of fused-ring (bicyclic) bond motifs is 1. The number of ether oxygens (including phenoxy) is 1. The molecule has 2 heterocycles. The largest absolute Gasteiger partial charge is 0.464 e. The summed E-state index contributed by atoms with van der Waals surface area (Å²) in [6.45, 7) is 9.79. The van der Waals surface area contributed by atoms with E-state index in [0.29, 0.717) is 23.8 Å². The maximum Gasteiger partial charge on any atom is 0.459 e. The SMILES string of the molecule is C=C1N=C(N)C=CN1[C@H]1C[C@@H](O)[C@@H](COP(=O)(N[C@@H](C)C(=O)OCC(CC)CC)Oc2cccc3ccccc23)S1. The molecule has 0 amide bonds. The molecule has 1 saturated heterocycles. The first-order chi connectivity index (χ1) is 19.6. The Bertz CT molecular complexity index is 1340. The third-order valence-corrected chi connectivity index (χ3v) is 10.3. The molecular formula is C29H39N4O6PS. The lowest BCUT2D eigenvalue weighted by molar-refractivity contribution is -0.146. The van der Waals surface area contributed by atoms with Gasteiger partial charge in [-0.3, -0.25) is 9.32 Å². The van der Waals surface area contributed by atoms with Crippen molar-refractivity contribution >= 4 is 42.1 Å². The fraction of sp³-hybridized carbons (Fsp3) is 0.448. The zero-order valence-corrected chi connectivity index (χ0v) is 25.4. The zero-order valence-electron chi connectivity index (χ0n) is 23.6. The number of hydrogen-bond donors (Lipinski definition) is 3. The highest BCUT2D eigenvalue weighted by atomic mass is 32.2. The van der Waals surface area contributed by atoms with Crippen LogP contribution in [0.25, 0.3) is 10.8 Å². The Morgan fingerprint density at radius 1 is 1.27 bits per heavy atom. The van der Waals surface area contributed by atoms with Crippen LogP contribution in [0.4, 0.5) is 0 Å². The van der Waals surface area contributed by atoms with E-state index in [-0.39, 0.29) is 24.5 Å². The standard InChI is InChI=1S/C29H39N4O6PS/c1-5-21(6-2)17-37-29(35)19(3)32-40(36,39-25-13-9-11-22-10-7-8-12-23(22)25)38-18-26-24(34)16-28(41-26)33-15-14-27(30)31-20(33)4/h7-15,19,21,24,26,28,34H,4-6,16-18H2,1-3H3,(H2,30,31)(H,32,36)/t19-,24+,26+,28+,40?/m0/s1. The topological polar surface area (TPSA) is 136 Å². The maximum absolute atomic E-state index is 14.2. The van der Waals surface area contributed by atoms with Crippen LogP contribution >= 0.6 is 19.5 Å². The van der Waals surface area contributed by atoms with Gasteiger partial charge in [0.25, 0.3) is 0 Å². The molecule has 0 bridgehead atoms. The molecular weight excluding hydrogens is 563 g/mol. The van der Waals surface area contributed by atoms with Crippen molar-refractivity contribution in [3.63, 3.8) is 0 Å². The molecule has 1 unspecified atom stereocenters. The summed E-state index contributed by atoms with van der Waals surface area (Å²) in [5.41, 5.74) is 5.76. The van der Waals surface area contributed by atoms with Crippen LogP contribution in [0.15, 0.2) is 72.1 Å². The van der Waals surface area contributed by atoms with E-state index in [1.165, 1.54) is 11.8 Å². The lowest BCUT2D eigenvalue weighted by atomic mass is 10.1. The third kappa shape index (κ3) is 7.93. The minimum atomic E-state index is -4.13. The Balaban J connectivity index is 1.49. The summed E-state index contributed by atoms with van der Waals surface area (Å²) in [7, 11) is -4.13. The molecule has 10 nitrogen and oxygen atoms in total.